The Morgan fingerprint density at radius 1 is 1.15 bits per heavy atom. The molecule has 2 aromatic rings. The topological polar surface area (TPSA) is 29.1 Å². The Morgan fingerprint density at radius 2 is 1.95 bits per heavy atom. The third kappa shape index (κ3) is 4.20. The van der Waals surface area contributed by atoms with E-state index in [9.17, 15) is 4.79 Å². The van der Waals surface area contributed by atoms with Crippen LogP contribution in [0, 0.1) is 13.8 Å². The summed E-state index contributed by atoms with van der Waals surface area (Å²) < 4.78 is 1.02. The highest BCUT2D eigenvalue weighted by Crippen LogP contribution is 2.20. The van der Waals surface area contributed by atoms with Crippen molar-refractivity contribution in [3.8, 4) is 0 Å². The van der Waals surface area contributed by atoms with Gasteiger partial charge in [0.25, 0.3) is 0 Å². The first-order valence-corrected chi connectivity index (χ1v) is 7.45. The van der Waals surface area contributed by atoms with Gasteiger partial charge in [0.1, 0.15) is 0 Å². The molecule has 0 aliphatic rings. The highest BCUT2D eigenvalue weighted by atomic mass is 79.9. The maximum Gasteiger partial charge on any atom is 0.224 e. The van der Waals surface area contributed by atoms with Gasteiger partial charge in [-0.15, -0.1) is 0 Å². The van der Waals surface area contributed by atoms with Crippen molar-refractivity contribution in [2.24, 2.45) is 0 Å². The van der Waals surface area contributed by atoms with E-state index in [-0.39, 0.29) is 5.91 Å². The van der Waals surface area contributed by atoms with Crippen molar-refractivity contribution in [1.82, 2.24) is 0 Å². The van der Waals surface area contributed by atoms with Gasteiger partial charge in [0, 0.05) is 16.6 Å². The standard InChI is InChI=1S/C17H18BrNO/c1-12-4-3-5-14(10-12)6-9-17(20)19-16-8-7-15(18)11-13(16)2/h3-5,7-8,10-11H,6,9H2,1-2H3,(H,19,20). The van der Waals surface area contributed by atoms with Gasteiger partial charge in [-0.1, -0.05) is 45.8 Å². The lowest BCUT2D eigenvalue weighted by molar-refractivity contribution is -0.116. The van der Waals surface area contributed by atoms with Crippen LogP contribution in [0.2, 0.25) is 0 Å². The van der Waals surface area contributed by atoms with Crippen LogP contribution in [-0.2, 0) is 11.2 Å². The molecular weight excluding hydrogens is 314 g/mol. The summed E-state index contributed by atoms with van der Waals surface area (Å²) in [6, 6.07) is 14.1. The van der Waals surface area contributed by atoms with Crippen LogP contribution in [0.5, 0.6) is 0 Å². The predicted molar refractivity (Wildman–Crippen MR) is 87.0 cm³/mol. The van der Waals surface area contributed by atoms with Crippen LogP contribution in [-0.4, -0.2) is 5.91 Å². The molecule has 0 spiro atoms. The lowest BCUT2D eigenvalue weighted by atomic mass is 10.1. The summed E-state index contributed by atoms with van der Waals surface area (Å²) in [6.07, 6.45) is 1.27. The largest absolute Gasteiger partial charge is 0.326 e. The SMILES string of the molecule is Cc1cccc(CCC(=O)Nc2ccc(Br)cc2C)c1. The zero-order valence-corrected chi connectivity index (χ0v) is 13.3. The molecule has 0 aromatic heterocycles. The lowest BCUT2D eigenvalue weighted by Crippen LogP contribution is -2.13. The normalized spacial score (nSPS) is 10.3. The molecule has 20 heavy (non-hydrogen) atoms. The van der Waals surface area contributed by atoms with Gasteiger partial charge in [0.15, 0.2) is 0 Å². The fourth-order valence-corrected chi connectivity index (χ4v) is 2.58. The molecule has 104 valence electrons. The smallest absolute Gasteiger partial charge is 0.224 e. The molecule has 3 heteroatoms. The van der Waals surface area contributed by atoms with Gasteiger partial charge in [-0.2, -0.15) is 0 Å². The zero-order chi connectivity index (χ0) is 14.5. The summed E-state index contributed by atoms with van der Waals surface area (Å²) in [5.74, 6) is 0.0527. The summed E-state index contributed by atoms with van der Waals surface area (Å²) in [6.45, 7) is 4.05. The highest BCUT2D eigenvalue weighted by molar-refractivity contribution is 9.10. The van der Waals surface area contributed by atoms with Gasteiger partial charge in [0.2, 0.25) is 5.91 Å². The summed E-state index contributed by atoms with van der Waals surface area (Å²) in [5.41, 5.74) is 4.37. The van der Waals surface area contributed by atoms with Gasteiger partial charge in [-0.25, -0.2) is 0 Å². The van der Waals surface area contributed by atoms with Gasteiger partial charge in [-0.05, 0) is 49.6 Å². The van der Waals surface area contributed by atoms with Crippen molar-refractivity contribution in [2.45, 2.75) is 26.7 Å². The minimum atomic E-state index is 0.0527. The number of rotatable bonds is 4. The van der Waals surface area contributed by atoms with Crippen LogP contribution in [0.3, 0.4) is 0 Å². The Labute approximate surface area is 128 Å². The molecule has 0 saturated heterocycles. The van der Waals surface area contributed by atoms with Crippen molar-refractivity contribution < 1.29 is 4.79 Å². The van der Waals surface area contributed by atoms with E-state index in [2.05, 4.69) is 46.4 Å². The number of benzene rings is 2. The fraction of sp³-hybridized carbons (Fsp3) is 0.235. The van der Waals surface area contributed by atoms with Crippen molar-refractivity contribution in [1.29, 1.82) is 0 Å². The molecule has 0 aliphatic heterocycles. The predicted octanol–water partition coefficient (Wildman–Crippen LogP) is 4.64. The van der Waals surface area contributed by atoms with E-state index < -0.39 is 0 Å². The van der Waals surface area contributed by atoms with E-state index in [1.807, 2.05) is 31.2 Å². The third-order valence-electron chi connectivity index (χ3n) is 3.19. The van der Waals surface area contributed by atoms with Crippen molar-refractivity contribution in [2.75, 3.05) is 5.32 Å². The minimum absolute atomic E-state index is 0.0527. The molecule has 0 heterocycles. The average Bonchev–Trinajstić information content (AvgIpc) is 2.40. The third-order valence-corrected chi connectivity index (χ3v) is 3.68. The summed E-state index contributed by atoms with van der Waals surface area (Å²) in [7, 11) is 0. The summed E-state index contributed by atoms with van der Waals surface area (Å²) in [5, 5.41) is 2.96. The van der Waals surface area contributed by atoms with Crippen molar-refractivity contribution in [3.63, 3.8) is 0 Å². The maximum atomic E-state index is 12.0. The first-order valence-electron chi connectivity index (χ1n) is 6.66. The Hall–Kier alpha value is -1.61. The molecule has 0 radical (unpaired) electrons. The summed E-state index contributed by atoms with van der Waals surface area (Å²) in [4.78, 5) is 12.0. The molecule has 2 rings (SSSR count). The average molecular weight is 332 g/mol. The van der Waals surface area contributed by atoms with Crippen LogP contribution in [0.4, 0.5) is 5.69 Å². The number of halogens is 1. The number of amides is 1. The van der Waals surface area contributed by atoms with E-state index in [0.717, 1.165) is 22.1 Å². The van der Waals surface area contributed by atoms with Crippen molar-refractivity contribution in [3.05, 3.63) is 63.6 Å². The second-order valence-electron chi connectivity index (χ2n) is 5.00. The maximum absolute atomic E-state index is 12.0. The Morgan fingerprint density at radius 3 is 2.65 bits per heavy atom. The fourth-order valence-electron chi connectivity index (χ4n) is 2.11. The first-order chi connectivity index (χ1) is 9.54. The number of aryl methyl sites for hydroxylation is 3. The second kappa shape index (κ2) is 6.71. The summed E-state index contributed by atoms with van der Waals surface area (Å²) >= 11 is 3.42. The molecule has 0 fully saturated rings. The van der Waals surface area contributed by atoms with Crippen LogP contribution < -0.4 is 5.32 Å². The van der Waals surface area contributed by atoms with Gasteiger partial charge in [-0.3, -0.25) is 4.79 Å². The Bertz CT molecular complexity index is 622. The molecule has 1 amide bonds. The van der Waals surface area contributed by atoms with E-state index in [1.165, 1.54) is 11.1 Å². The van der Waals surface area contributed by atoms with Crippen molar-refractivity contribution >= 4 is 27.5 Å². The number of anilines is 1. The second-order valence-corrected chi connectivity index (χ2v) is 5.91. The quantitative estimate of drug-likeness (QED) is 0.868. The Kier molecular flexibility index (Phi) is 4.96. The molecular formula is C17H18BrNO. The van der Waals surface area contributed by atoms with E-state index in [0.29, 0.717) is 6.42 Å². The molecule has 1 N–H and O–H groups in total. The molecule has 0 unspecified atom stereocenters. The van der Waals surface area contributed by atoms with Crippen LogP contribution >= 0.6 is 15.9 Å². The molecule has 0 atom stereocenters. The number of carbonyl (C=O) groups excluding carboxylic acids is 1. The monoisotopic (exact) mass is 331 g/mol. The number of hydrogen-bond donors (Lipinski definition) is 1. The number of nitrogens with one attached hydrogen (secondary N) is 1. The van der Waals surface area contributed by atoms with E-state index in [4.69, 9.17) is 0 Å². The van der Waals surface area contributed by atoms with Gasteiger partial charge < -0.3 is 5.32 Å². The lowest BCUT2D eigenvalue weighted by Gasteiger charge is -2.09. The van der Waals surface area contributed by atoms with E-state index in [1.54, 1.807) is 0 Å². The molecule has 0 aliphatic carbocycles. The number of hydrogen-bond acceptors (Lipinski definition) is 1. The Balaban J connectivity index is 1.92. The highest BCUT2D eigenvalue weighted by Gasteiger charge is 2.05. The molecule has 2 nitrogen and oxygen atoms in total. The van der Waals surface area contributed by atoms with Gasteiger partial charge >= 0.3 is 0 Å². The van der Waals surface area contributed by atoms with Crippen LogP contribution in [0.1, 0.15) is 23.1 Å². The minimum Gasteiger partial charge on any atom is -0.326 e. The van der Waals surface area contributed by atoms with Gasteiger partial charge in [0.05, 0.1) is 0 Å². The first kappa shape index (κ1) is 14.8. The molecule has 0 saturated carbocycles. The molecule has 2 aromatic carbocycles. The number of carbonyl (C=O) groups is 1. The molecule has 0 bridgehead atoms. The van der Waals surface area contributed by atoms with Crippen LogP contribution in [0.25, 0.3) is 0 Å². The zero-order valence-electron chi connectivity index (χ0n) is 11.7. The van der Waals surface area contributed by atoms with E-state index >= 15 is 0 Å². The van der Waals surface area contributed by atoms with Crippen LogP contribution in [0.15, 0.2) is 46.9 Å².